The van der Waals surface area contributed by atoms with Crippen LogP contribution in [0, 0.1) is 24.6 Å². The van der Waals surface area contributed by atoms with Gasteiger partial charge in [-0.15, -0.1) is 0 Å². The summed E-state index contributed by atoms with van der Waals surface area (Å²) in [5, 5.41) is 0. The Bertz CT molecular complexity index is 926. The van der Waals surface area contributed by atoms with Gasteiger partial charge in [-0.3, -0.25) is 9.59 Å². The predicted octanol–water partition coefficient (Wildman–Crippen LogP) is 4.48. The summed E-state index contributed by atoms with van der Waals surface area (Å²) in [4.78, 5) is 29.8. The third-order valence-corrected chi connectivity index (χ3v) is 6.35. The SMILES string of the molecule is Cc1cc([C@H]2CC[C@H](C(=O)N(C)Cc3ccccc3)CN2C(=O)C2CC2)ccc1F. The Morgan fingerprint density at radius 3 is 2.40 bits per heavy atom. The van der Waals surface area contributed by atoms with E-state index in [0.29, 0.717) is 18.7 Å². The third kappa shape index (κ3) is 4.40. The normalized spacial score (nSPS) is 21.4. The number of hydrogen-bond donors (Lipinski definition) is 0. The van der Waals surface area contributed by atoms with Crippen molar-refractivity contribution in [3.8, 4) is 0 Å². The fourth-order valence-electron chi connectivity index (χ4n) is 4.45. The Hall–Kier alpha value is -2.69. The van der Waals surface area contributed by atoms with Gasteiger partial charge in [-0.1, -0.05) is 42.5 Å². The lowest BCUT2D eigenvalue weighted by Gasteiger charge is -2.40. The summed E-state index contributed by atoms with van der Waals surface area (Å²) in [6, 6.07) is 15.0. The molecule has 1 heterocycles. The minimum Gasteiger partial charge on any atom is -0.341 e. The molecule has 2 atom stereocenters. The van der Waals surface area contributed by atoms with Crippen LogP contribution in [0.25, 0.3) is 0 Å². The zero-order valence-electron chi connectivity index (χ0n) is 17.7. The molecule has 30 heavy (non-hydrogen) atoms. The lowest BCUT2D eigenvalue weighted by Crippen LogP contribution is -2.47. The number of benzene rings is 2. The fourth-order valence-corrected chi connectivity index (χ4v) is 4.45. The van der Waals surface area contributed by atoms with E-state index in [2.05, 4.69) is 0 Å². The summed E-state index contributed by atoms with van der Waals surface area (Å²) in [6.07, 6.45) is 3.31. The van der Waals surface area contributed by atoms with Gasteiger partial charge in [0.1, 0.15) is 5.82 Å². The zero-order chi connectivity index (χ0) is 21.3. The molecule has 0 radical (unpaired) electrons. The van der Waals surface area contributed by atoms with Crippen molar-refractivity contribution < 1.29 is 14.0 Å². The van der Waals surface area contributed by atoms with Crippen molar-refractivity contribution in [1.29, 1.82) is 0 Å². The first-order valence-corrected chi connectivity index (χ1v) is 10.8. The summed E-state index contributed by atoms with van der Waals surface area (Å²) >= 11 is 0. The minimum atomic E-state index is -0.231. The number of halogens is 1. The lowest BCUT2D eigenvalue weighted by atomic mass is 9.87. The number of rotatable bonds is 5. The standard InChI is InChI=1S/C25H29FN2O2/c1-17-14-20(10-12-22(17)26)23-13-11-21(16-28(23)25(30)19-8-9-19)24(29)27(2)15-18-6-4-3-5-7-18/h3-7,10,12,14,19,21,23H,8-9,11,13,15-16H2,1-2H3/t21-,23+/m0/s1. The maximum atomic E-state index is 13.8. The van der Waals surface area contributed by atoms with Crippen LogP contribution in [0.15, 0.2) is 48.5 Å². The van der Waals surface area contributed by atoms with Crippen molar-refractivity contribution in [2.24, 2.45) is 11.8 Å². The van der Waals surface area contributed by atoms with Gasteiger partial charge in [0, 0.05) is 26.1 Å². The summed E-state index contributed by atoms with van der Waals surface area (Å²) in [5.41, 5.74) is 2.65. The van der Waals surface area contributed by atoms with Gasteiger partial charge in [0.25, 0.3) is 0 Å². The molecule has 2 amide bonds. The Balaban J connectivity index is 1.50. The molecule has 2 aromatic carbocycles. The van der Waals surface area contributed by atoms with E-state index in [4.69, 9.17) is 0 Å². The molecule has 2 aliphatic rings. The van der Waals surface area contributed by atoms with Crippen LogP contribution in [-0.4, -0.2) is 35.2 Å². The smallest absolute Gasteiger partial charge is 0.227 e. The highest BCUT2D eigenvalue weighted by atomic mass is 19.1. The molecule has 1 saturated heterocycles. The van der Waals surface area contributed by atoms with E-state index >= 15 is 0 Å². The monoisotopic (exact) mass is 408 g/mol. The quantitative estimate of drug-likeness (QED) is 0.732. The fraction of sp³-hybridized carbons (Fsp3) is 0.440. The molecule has 2 aromatic rings. The average Bonchev–Trinajstić information content (AvgIpc) is 3.60. The van der Waals surface area contributed by atoms with Gasteiger partial charge in [-0.05, 0) is 55.4 Å². The second-order valence-corrected chi connectivity index (χ2v) is 8.74. The van der Waals surface area contributed by atoms with Gasteiger partial charge in [0.15, 0.2) is 0 Å². The lowest BCUT2D eigenvalue weighted by molar-refractivity contribution is -0.143. The maximum absolute atomic E-state index is 13.8. The van der Waals surface area contributed by atoms with Crippen LogP contribution >= 0.6 is 0 Å². The van der Waals surface area contributed by atoms with Crippen LogP contribution in [0.2, 0.25) is 0 Å². The third-order valence-electron chi connectivity index (χ3n) is 6.35. The van der Waals surface area contributed by atoms with Crippen LogP contribution in [0.3, 0.4) is 0 Å². The zero-order valence-corrected chi connectivity index (χ0v) is 17.7. The van der Waals surface area contributed by atoms with E-state index in [0.717, 1.165) is 36.8 Å². The van der Waals surface area contributed by atoms with Gasteiger partial charge in [-0.2, -0.15) is 0 Å². The van der Waals surface area contributed by atoms with Gasteiger partial charge in [0.05, 0.1) is 12.0 Å². The van der Waals surface area contributed by atoms with E-state index in [9.17, 15) is 14.0 Å². The predicted molar refractivity (Wildman–Crippen MR) is 114 cm³/mol. The summed E-state index contributed by atoms with van der Waals surface area (Å²) < 4.78 is 13.8. The highest BCUT2D eigenvalue weighted by Crippen LogP contribution is 2.40. The molecule has 158 valence electrons. The topological polar surface area (TPSA) is 40.6 Å². The average molecular weight is 409 g/mol. The molecule has 4 rings (SSSR count). The molecular formula is C25H29FN2O2. The molecule has 1 saturated carbocycles. The highest BCUT2D eigenvalue weighted by Gasteiger charge is 2.41. The van der Waals surface area contributed by atoms with Crippen molar-refractivity contribution in [2.75, 3.05) is 13.6 Å². The number of likely N-dealkylation sites (tertiary alicyclic amines) is 1. The van der Waals surface area contributed by atoms with Crippen molar-refractivity contribution >= 4 is 11.8 Å². The van der Waals surface area contributed by atoms with E-state index in [1.807, 2.05) is 48.3 Å². The Kier molecular flexibility index (Phi) is 5.89. The number of piperidine rings is 1. The number of nitrogens with zero attached hydrogens (tertiary/aromatic N) is 2. The van der Waals surface area contributed by atoms with Crippen molar-refractivity contribution in [1.82, 2.24) is 9.80 Å². The molecule has 2 fully saturated rings. The van der Waals surface area contributed by atoms with E-state index in [-0.39, 0.29) is 35.5 Å². The second kappa shape index (κ2) is 8.58. The van der Waals surface area contributed by atoms with Crippen molar-refractivity contribution in [3.05, 3.63) is 71.0 Å². The highest BCUT2D eigenvalue weighted by molar-refractivity contribution is 5.84. The Labute approximate surface area is 177 Å². The van der Waals surface area contributed by atoms with Crippen molar-refractivity contribution in [3.63, 3.8) is 0 Å². The van der Waals surface area contributed by atoms with E-state index in [1.165, 1.54) is 6.07 Å². The van der Waals surface area contributed by atoms with Gasteiger partial charge in [-0.25, -0.2) is 4.39 Å². The molecule has 0 unspecified atom stereocenters. The number of amides is 2. The number of carbonyl (C=O) groups excluding carboxylic acids is 2. The maximum Gasteiger partial charge on any atom is 0.227 e. The Morgan fingerprint density at radius 1 is 1.03 bits per heavy atom. The van der Waals surface area contributed by atoms with Gasteiger partial charge >= 0.3 is 0 Å². The van der Waals surface area contributed by atoms with Crippen LogP contribution < -0.4 is 0 Å². The molecule has 1 aliphatic carbocycles. The molecule has 0 spiro atoms. The van der Waals surface area contributed by atoms with Gasteiger partial charge in [0.2, 0.25) is 11.8 Å². The molecule has 1 aliphatic heterocycles. The molecule has 0 aromatic heterocycles. The summed E-state index contributed by atoms with van der Waals surface area (Å²) in [7, 11) is 1.83. The van der Waals surface area contributed by atoms with Crippen LogP contribution in [0.5, 0.6) is 0 Å². The first kappa shape index (κ1) is 20.6. The first-order valence-electron chi connectivity index (χ1n) is 10.8. The molecule has 4 nitrogen and oxygen atoms in total. The number of aryl methyl sites for hydroxylation is 1. The van der Waals surface area contributed by atoms with E-state index < -0.39 is 0 Å². The summed E-state index contributed by atoms with van der Waals surface area (Å²) in [5.74, 6) is -0.110. The molecule has 0 bridgehead atoms. The summed E-state index contributed by atoms with van der Waals surface area (Å²) in [6.45, 7) is 2.75. The van der Waals surface area contributed by atoms with Crippen LogP contribution in [0.4, 0.5) is 4.39 Å². The second-order valence-electron chi connectivity index (χ2n) is 8.74. The van der Waals surface area contributed by atoms with Gasteiger partial charge < -0.3 is 9.80 Å². The largest absolute Gasteiger partial charge is 0.341 e. The van der Waals surface area contributed by atoms with Crippen LogP contribution in [-0.2, 0) is 16.1 Å². The number of hydrogen-bond acceptors (Lipinski definition) is 2. The first-order chi connectivity index (χ1) is 14.4. The van der Waals surface area contributed by atoms with Crippen LogP contribution in [0.1, 0.15) is 48.4 Å². The molecular weight excluding hydrogens is 379 g/mol. The van der Waals surface area contributed by atoms with Crippen molar-refractivity contribution in [2.45, 2.75) is 45.2 Å². The Morgan fingerprint density at radius 2 is 1.73 bits per heavy atom. The molecule has 5 heteroatoms. The minimum absolute atomic E-state index is 0.0825. The van der Waals surface area contributed by atoms with E-state index in [1.54, 1.807) is 17.9 Å². The molecule has 0 N–H and O–H groups in total. The number of carbonyl (C=O) groups is 2.